The van der Waals surface area contributed by atoms with Gasteiger partial charge >= 0.3 is 0 Å². The lowest BCUT2D eigenvalue weighted by molar-refractivity contribution is -0.117. The summed E-state index contributed by atoms with van der Waals surface area (Å²) >= 11 is 0. The van der Waals surface area contributed by atoms with E-state index in [0.717, 1.165) is 16.7 Å². The van der Waals surface area contributed by atoms with Crippen molar-refractivity contribution in [3.8, 4) is 0 Å². The first-order chi connectivity index (χ1) is 12.9. The Kier molecular flexibility index (Phi) is 5.86. The van der Waals surface area contributed by atoms with Crippen LogP contribution in [0.4, 0.5) is 10.1 Å². The molecule has 1 saturated heterocycles. The predicted molar refractivity (Wildman–Crippen MR) is 103 cm³/mol. The monoisotopic (exact) mass is 369 g/mol. The maximum atomic E-state index is 12.9. The molecule has 6 heteroatoms. The molecule has 1 fully saturated rings. The van der Waals surface area contributed by atoms with Gasteiger partial charge in [0.2, 0.25) is 5.91 Å². The average Bonchev–Trinajstić information content (AvgIpc) is 2.63. The van der Waals surface area contributed by atoms with Crippen LogP contribution in [0.1, 0.15) is 21.5 Å². The lowest BCUT2D eigenvalue weighted by Gasteiger charge is -2.34. The molecule has 0 aliphatic carbocycles. The number of halogens is 1. The number of anilines is 1. The molecule has 3 rings (SSSR count). The summed E-state index contributed by atoms with van der Waals surface area (Å²) in [5, 5.41) is 2.76. The van der Waals surface area contributed by atoms with Crippen LogP contribution >= 0.6 is 0 Å². The summed E-state index contributed by atoms with van der Waals surface area (Å²) in [6, 6.07) is 11.6. The molecule has 5 nitrogen and oxygen atoms in total. The van der Waals surface area contributed by atoms with E-state index in [4.69, 9.17) is 0 Å². The quantitative estimate of drug-likeness (QED) is 0.902. The molecule has 1 aliphatic rings. The zero-order valence-electron chi connectivity index (χ0n) is 15.7. The molecule has 142 valence electrons. The minimum absolute atomic E-state index is 0.0391. The van der Waals surface area contributed by atoms with Crippen molar-refractivity contribution in [3.63, 3.8) is 0 Å². The van der Waals surface area contributed by atoms with Crippen LogP contribution in [0.3, 0.4) is 0 Å². The highest BCUT2D eigenvalue weighted by Gasteiger charge is 2.23. The van der Waals surface area contributed by atoms with Gasteiger partial charge in [-0.1, -0.05) is 17.2 Å². The van der Waals surface area contributed by atoms with E-state index in [1.54, 1.807) is 0 Å². The van der Waals surface area contributed by atoms with Crippen LogP contribution in [-0.2, 0) is 4.79 Å². The van der Waals surface area contributed by atoms with Crippen LogP contribution in [0.25, 0.3) is 0 Å². The number of nitrogens with zero attached hydrogens (tertiary/aromatic N) is 2. The topological polar surface area (TPSA) is 52.7 Å². The number of amides is 2. The van der Waals surface area contributed by atoms with Gasteiger partial charge in [0.15, 0.2) is 0 Å². The first-order valence-electron chi connectivity index (χ1n) is 9.06. The van der Waals surface area contributed by atoms with Crippen LogP contribution in [0.15, 0.2) is 42.5 Å². The van der Waals surface area contributed by atoms with E-state index in [0.29, 0.717) is 31.9 Å². The van der Waals surface area contributed by atoms with E-state index in [9.17, 15) is 14.0 Å². The Hall–Kier alpha value is -2.73. The van der Waals surface area contributed by atoms with Crippen molar-refractivity contribution in [1.82, 2.24) is 9.80 Å². The minimum atomic E-state index is -0.336. The summed E-state index contributed by atoms with van der Waals surface area (Å²) in [6.07, 6.45) is 0. The molecule has 0 bridgehead atoms. The molecule has 2 aromatic rings. The smallest absolute Gasteiger partial charge is 0.253 e. The molecule has 0 atom stereocenters. The van der Waals surface area contributed by atoms with Crippen LogP contribution in [0.5, 0.6) is 0 Å². The molecule has 0 spiro atoms. The van der Waals surface area contributed by atoms with Crippen molar-refractivity contribution in [1.29, 1.82) is 0 Å². The van der Waals surface area contributed by atoms with Crippen LogP contribution in [-0.4, -0.2) is 54.3 Å². The Morgan fingerprint density at radius 1 is 0.963 bits per heavy atom. The maximum Gasteiger partial charge on any atom is 0.253 e. The van der Waals surface area contributed by atoms with Crippen molar-refractivity contribution < 1.29 is 14.0 Å². The van der Waals surface area contributed by atoms with Gasteiger partial charge in [-0.3, -0.25) is 14.5 Å². The van der Waals surface area contributed by atoms with Gasteiger partial charge in [0.25, 0.3) is 5.91 Å². The Balaban J connectivity index is 1.50. The second-order valence-corrected chi connectivity index (χ2v) is 7.00. The van der Waals surface area contributed by atoms with Crippen LogP contribution in [0, 0.1) is 19.7 Å². The molecule has 1 heterocycles. The molecule has 2 aromatic carbocycles. The fraction of sp³-hybridized carbons (Fsp3) is 0.333. The van der Waals surface area contributed by atoms with Crippen LogP contribution in [0.2, 0.25) is 0 Å². The van der Waals surface area contributed by atoms with Crippen molar-refractivity contribution in [2.24, 2.45) is 0 Å². The maximum absolute atomic E-state index is 12.9. The van der Waals surface area contributed by atoms with Crippen molar-refractivity contribution in [3.05, 3.63) is 65.0 Å². The molecule has 0 aromatic heterocycles. The zero-order valence-corrected chi connectivity index (χ0v) is 15.7. The highest BCUT2D eigenvalue weighted by molar-refractivity contribution is 5.95. The van der Waals surface area contributed by atoms with E-state index in [-0.39, 0.29) is 24.2 Å². The normalized spacial score (nSPS) is 14.9. The number of benzene rings is 2. The zero-order chi connectivity index (χ0) is 19.4. The van der Waals surface area contributed by atoms with Gasteiger partial charge in [-0.05, 0) is 50.2 Å². The number of hydrogen-bond acceptors (Lipinski definition) is 3. The number of piperazine rings is 1. The number of nitrogens with one attached hydrogen (secondary N) is 1. The molecule has 27 heavy (non-hydrogen) atoms. The fourth-order valence-corrected chi connectivity index (χ4v) is 3.33. The van der Waals surface area contributed by atoms with Gasteiger partial charge in [-0.2, -0.15) is 0 Å². The number of carbonyl (C=O) groups excluding carboxylic acids is 2. The molecule has 2 amide bonds. The van der Waals surface area contributed by atoms with E-state index in [1.165, 1.54) is 24.3 Å². The van der Waals surface area contributed by atoms with Crippen molar-refractivity contribution in [2.45, 2.75) is 13.8 Å². The summed E-state index contributed by atoms with van der Waals surface area (Å²) in [7, 11) is 0. The average molecular weight is 369 g/mol. The molecule has 0 unspecified atom stereocenters. The van der Waals surface area contributed by atoms with Gasteiger partial charge in [-0.15, -0.1) is 0 Å². The highest BCUT2D eigenvalue weighted by atomic mass is 19.1. The first kappa shape index (κ1) is 19.0. The number of aryl methyl sites for hydroxylation is 2. The van der Waals surface area contributed by atoms with Gasteiger partial charge in [0, 0.05) is 37.4 Å². The van der Waals surface area contributed by atoms with Gasteiger partial charge in [-0.25, -0.2) is 4.39 Å². The predicted octanol–water partition coefficient (Wildman–Crippen LogP) is 2.84. The molecule has 0 radical (unpaired) electrons. The van der Waals surface area contributed by atoms with Crippen LogP contribution < -0.4 is 5.32 Å². The summed E-state index contributed by atoms with van der Waals surface area (Å²) < 4.78 is 12.9. The molecular weight excluding hydrogens is 345 g/mol. The summed E-state index contributed by atoms with van der Waals surface area (Å²) in [5.74, 6) is -0.439. The number of hydrogen-bond donors (Lipinski definition) is 1. The summed E-state index contributed by atoms with van der Waals surface area (Å²) in [6.45, 7) is 6.71. The standard InChI is InChI=1S/C21H24FN3O2/c1-15-11-16(2)13-17(12-15)21(27)25-9-7-24(8-10-25)14-20(26)23-19-5-3-18(22)4-6-19/h3-6,11-13H,7-10,14H2,1-2H3,(H,23,26). The third-order valence-corrected chi connectivity index (χ3v) is 4.62. The van der Waals surface area contributed by atoms with E-state index < -0.39 is 0 Å². The Morgan fingerprint density at radius 3 is 2.15 bits per heavy atom. The minimum Gasteiger partial charge on any atom is -0.336 e. The van der Waals surface area contributed by atoms with Gasteiger partial charge in [0.1, 0.15) is 5.82 Å². The largest absolute Gasteiger partial charge is 0.336 e. The second kappa shape index (κ2) is 8.31. The van der Waals surface area contributed by atoms with Gasteiger partial charge in [0.05, 0.1) is 6.54 Å². The molecule has 1 N–H and O–H groups in total. The molecule has 1 aliphatic heterocycles. The first-order valence-corrected chi connectivity index (χ1v) is 9.06. The van der Waals surface area contributed by atoms with Gasteiger partial charge < -0.3 is 10.2 Å². The second-order valence-electron chi connectivity index (χ2n) is 7.00. The molecule has 0 saturated carbocycles. The SMILES string of the molecule is Cc1cc(C)cc(C(=O)N2CCN(CC(=O)Nc3ccc(F)cc3)CC2)c1. The number of carbonyl (C=O) groups is 2. The Labute approximate surface area is 158 Å². The number of rotatable bonds is 4. The lowest BCUT2D eigenvalue weighted by atomic mass is 10.1. The summed E-state index contributed by atoms with van der Waals surface area (Å²) in [4.78, 5) is 28.7. The van der Waals surface area contributed by atoms with E-state index >= 15 is 0 Å². The van der Waals surface area contributed by atoms with Crippen molar-refractivity contribution in [2.75, 3.05) is 38.0 Å². The third kappa shape index (κ3) is 5.14. The highest BCUT2D eigenvalue weighted by Crippen LogP contribution is 2.14. The summed E-state index contributed by atoms with van der Waals surface area (Å²) in [5.41, 5.74) is 3.45. The molecular formula is C21H24FN3O2. The lowest BCUT2D eigenvalue weighted by Crippen LogP contribution is -2.50. The van der Waals surface area contributed by atoms with E-state index in [2.05, 4.69) is 11.4 Å². The van der Waals surface area contributed by atoms with Crippen molar-refractivity contribution >= 4 is 17.5 Å². The third-order valence-electron chi connectivity index (χ3n) is 4.62. The van der Waals surface area contributed by atoms with E-state index in [1.807, 2.05) is 35.8 Å². The Morgan fingerprint density at radius 2 is 1.56 bits per heavy atom. The Bertz CT molecular complexity index is 808. The fourth-order valence-electron chi connectivity index (χ4n) is 3.33.